The predicted molar refractivity (Wildman–Crippen MR) is 91.6 cm³/mol. The number of para-hydroxylation sites is 2. The van der Waals surface area contributed by atoms with Gasteiger partial charge in [0.1, 0.15) is 0 Å². The number of piperidine rings is 1. The van der Waals surface area contributed by atoms with Crippen molar-refractivity contribution < 1.29 is 22.8 Å². The zero-order valence-corrected chi connectivity index (χ0v) is 14.5. The third-order valence-corrected chi connectivity index (χ3v) is 4.69. The number of nitrogens with one attached hydrogen (secondary N) is 1. The number of nitrogens with two attached hydrogens (primary N) is 1. The first kappa shape index (κ1) is 19.2. The lowest BCUT2D eigenvalue weighted by Crippen LogP contribution is -2.45. The van der Waals surface area contributed by atoms with Gasteiger partial charge < -0.3 is 10.3 Å². The number of benzene rings is 1. The summed E-state index contributed by atoms with van der Waals surface area (Å²) >= 11 is 0. The summed E-state index contributed by atoms with van der Waals surface area (Å²) in [4.78, 5) is 27.9. The van der Waals surface area contributed by atoms with Crippen LogP contribution in [-0.4, -0.2) is 46.0 Å². The maximum Gasteiger partial charge on any atom is 0.449 e. The molecule has 0 atom stereocenters. The van der Waals surface area contributed by atoms with Crippen LogP contribution in [0.1, 0.15) is 18.7 Å². The van der Waals surface area contributed by atoms with Gasteiger partial charge in [0.15, 0.2) is 0 Å². The number of urea groups is 1. The van der Waals surface area contributed by atoms with Gasteiger partial charge in [-0.25, -0.2) is 9.78 Å². The van der Waals surface area contributed by atoms with Crippen LogP contribution in [0.2, 0.25) is 0 Å². The second kappa shape index (κ2) is 7.55. The van der Waals surface area contributed by atoms with Crippen molar-refractivity contribution in [2.24, 2.45) is 11.7 Å². The molecule has 27 heavy (non-hydrogen) atoms. The number of likely N-dealkylation sites (tertiary alicyclic amines) is 1. The molecule has 0 bridgehead atoms. The van der Waals surface area contributed by atoms with Gasteiger partial charge in [0, 0.05) is 6.54 Å². The molecule has 1 aromatic heterocycles. The largest absolute Gasteiger partial charge is 0.449 e. The topological polar surface area (TPSA) is 93.2 Å². The summed E-state index contributed by atoms with van der Waals surface area (Å²) < 4.78 is 41.4. The number of halogens is 3. The van der Waals surface area contributed by atoms with E-state index in [1.165, 1.54) is 4.57 Å². The highest BCUT2D eigenvalue weighted by Gasteiger charge is 2.38. The number of fused-ring (bicyclic) bond motifs is 1. The Balaban J connectivity index is 1.67. The fourth-order valence-electron chi connectivity index (χ4n) is 3.44. The molecule has 0 radical (unpaired) electrons. The standard InChI is InChI=1S/C17H20F3N5O2/c18-17(19,20)15-22-12-3-1-2-4-13(12)25(15)9-11-5-7-24(8-6-11)10-14(26)23-16(21)27/h1-4,11H,5-10H2,(H3,21,23,26,27). The lowest BCUT2D eigenvalue weighted by molar-refractivity contribution is -0.147. The molecule has 3 N–H and O–H groups in total. The molecule has 0 spiro atoms. The molecule has 7 nitrogen and oxygen atoms in total. The number of carbonyl (C=O) groups is 2. The zero-order chi connectivity index (χ0) is 19.6. The van der Waals surface area contributed by atoms with E-state index in [4.69, 9.17) is 5.73 Å². The van der Waals surface area contributed by atoms with Crippen LogP contribution in [-0.2, 0) is 17.5 Å². The Morgan fingerprint density at radius 1 is 1.22 bits per heavy atom. The third-order valence-electron chi connectivity index (χ3n) is 4.69. The summed E-state index contributed by atoms with van der Waals surface area (Å²) in [6.07, 6.45) is -3.23. The van der Waals surface area contributed by atoms with Gasteiger partial charge in [-0.05, 0) is 44.0 Å². The van der Waals surface area contributed by atoms with Crippen LogP contribution in [0.4, 0.5) is 18.0 Å². The first-order chi connectivity index (χ1) is 12.7. The van der Waals surface area contributed by atoms with Gasteiger partial charge >= 0.3 is 12.2 Å². The van der Waals surface area contributed by atoms with Crippen molar-refractivity contribution in [1.82, 2.24) is 19.8 Å². The van der Waals surface area contributed by atoms with Crippen molar-refractivity contribution in [1.29, 1.82) is 0 Å². The normalized spacial score (nSPS) is 16.6. The summed E-state index contributed by atoms with van der Waals surface area (Å²) in [5.74, 6) is -1.33. The van der Waals surface area contributed by atoms with Gasteiger partial charge in [0.05, 0.1) is 17.6 Å². The number of rotatable bonds is 4. The van der Waals surface area contributed by atoms with E-state index in [0.717, 1.165) is 0 Å². The van der Waals surface area contributed by atoms with Crippen molar-refractivity contribution in [3.05, 3.63) is 30.1 Å². The van der Waals surface area contributed by atoms with E-state index in [1.807, 2.05) is 10.2 Å². The Morgan fingerprint density at radius 3 is 2.52 bits per heavy atom. The number of hydrogen-bond acceptors (Lipinski definition) is 4. The van der Waals surface area contributed by atoms with Gasteiger partial charge in [-0.1, -0.05) is 12.1 Å². The Labute approximate surface area is 153 Å². The SMILES string of the molecule is NC(=O)NC(=O)CN1CCC(Cn2c(C(F)(F)F)nc3ccccc32)CC1. The zero-order valence-electron chi connectivity index (χ0n) is 14.5. The van der Waals surface area contributed by atoms with Crippen molar-refractivity contribution in [3.63, 3.8) is 0 Å². The minimum atomic E-state index is -4.52. The predicted octanol–water partition coefficient (Wildman–Crippen LogP) is 1.96. The molecule has 0 aliphatic carbocycles. The van der Waals surface area contributed by atoms with E-state index in [0.29, 0.717) is 37.0 Å². The van der Waals surface area contributed by atoms with Gasteiger partial charge in [-0.3, -0.25) is 15.0 Å². The average Bonchev–Trinajstić information content (AvgIpc) is 2.95. The Morgan fingerprint density at radius 2 is 1.89 bits per heavy atom. The molecular weight excluding hydrogens is 363 g/mol. The van der Waals surface area contributed by atoms with Crippen LogP contribution in [0.3, 0.4) is 0 Å². The molecule has 2 aromatic rings. The minimum absolute atomic E-state index is 0.0392. The van der Waals surface area contributed by atoms with Crippen molar-refractivity contribution >= 4 is 23.0 Å². The van der Waals surface area contributed by atoms with Crippen molar-refractivity contribution in [2.75, 3.05) is 19.6 Å². The minimum Gasteiger partial charge on any atom is -0.351 e. The van der Waals surface area contributed by atoms with Crippen molar-refractivity contribution in [2.45, 2.75) is 25.6 Å². The van der Waals surface area contributed by atoms with Crippen LogP contribution < -0.4 is 11.1 Å². The second-order valence-electron chi connectivity index (χ2n) is 6.66. The molecule has 0 unspecified atom stereocenters. The summed E-state index contributed by atoms with van der Waals surface area (Å²) in [6.45, 7) is 1.38. The molecular formula is C17H20F3N5O2. The lowest BCUT2D eigenvalue weighted by Gasteiger charge is -2.31. The van der Waals surface area contributed by atoms with E-state index in [9.17, 15) is 22.8 Å². The lowest BCUT2D eigenvalue weighted by atomic mass is 9.96. The number of amides is 3. The van der Waals surface area contributed by atoms with Crippen molar-refractivity contribution in [3.8, 4) is 0 Å². The molecule has 1 aliphatic rings. The van der Waals surface area contributed by atoms with Gasteiger partial charge in [-0.2, -0.15) is 13.2 Å². The molecule has 2 heterocycles. The molecule has 1 fully saturated rings. The summed E-state index contributed by atoms with van der Waals surface area (Å²) in [6, 6.07) is 5.67. The first-order valence-corrected chi connectivity index (χ1v) is 8.58. The van der Waals surface area contributed by atoms with Crippen LogP contribution in [0, 0.1) is 5.92 Å². The summed E-state index contributed by atoms with van der Waals surface area (Å²) in [5, 5.41) is 2.00. The number of hydrogen-bond donors (Lipinski definition) is 2. The van der Waals surface area contributed by atoms with E-state index in [2.05, 4.69) is 4.98 Å². The first-order valence-electron chi connectivity index (χ1n) is 8.58. The number of primary amides is 1. The monoisotopic (exact) mass is 383 g/mol. The number of nitrogens with zero attached hydrogens (tertiary/aromatic N) is 3. The molecule has 1 aromatic carbocycles. The number of aromatic nitrogens is 2. The molecule has 146 valence electrons. The van der Waals surface area contributed by atoms with Crippen LogP contribution in [0.5, 0.6) is 0 Å². The van der Waals surface area contributed by atoms with Gasteiger partial charge in [0.25, 0.3) is 0 Å². The summed E-state index contributed by atoms with van der Waals surface area (Å²) in [7, 11) is 0. The fourth-order valence-corrected chi connectivity index (χ4v) is 3.44. The highest BCUT2D eigenvalue weighted by molar-refractivity contribution is 5.94. The van der Waals surface area contributed by atoms with E-state index in [1.54, 1.807) is 24.3 Å². The van der Waals surface area contributed by atoms with E-state index in [-0.39, 0.29) is 19.0 Å². The highest BCUT2D eigenvalue weighted by Crippen LogP contribution is 2.33. The number of imidazole rings is 1. The van der Waals surface area contributed by atoms with Crippen LogP contribution in [0.15, 0.2) is 24.3 Å². The number of alkyl halides is 3. The smallest absolute Gasteiger partial charge is 0.351 e. The Kier molecular flexibility index (Phi) is 5.36. The van der Waals surface area contributed by atoms with Crippen LogP contribution in [0.25, 0.3) is 11.0 Å². The van der Waals surface area contributed by atoms with Crippen LogP contribution >= 0.6 is 0 Å². The molecule has 3 rings (SSSR count). The summed E-state index contributed by atoms with van der Waals surface area (Å²) in [5.41, 5.74) is 5.69. The number of imide groups is 1. The van der Waals surface area contributed by atoms with E-state index < -0.39 is 23.9 Å². The highest BCUT2D eigenvalue weighted by atomic mass is 19.4. The second-order valence-corrected chi connectivity index (χ2v) is 6.66. The number of carbonyl (C=O) groups excluding carboxylic acids is 2. The van der Waals surface area contributed by atoms with Gasteiger partial charge in [-0.15, -0.1) is 0 Å². The van der Waals surface area contributed by atoms with E-state index >= 15 is 0 Å². The molecule has 1 aliphatic heterocycles. The molecule has 10 heteroatoms. The van der Waals surface area contributed by atoms with Gasteiger partial charge in [0.2, 0.25) is 11.7 Å². The quantitative estimate of drug-likeness (QED) is 0.844. The Bertz CT molecular complexity index is 841. The molecule has 3 amide bonds. The fraction of sp³-hybridized carbons (Fsp3) is 0.471. The maximum absolute atomic E-state index is 13.4. The Hall–Kier alpha value is -2.62. The third kappa shape index (κ3) is 4.57. The molecule has 0 saturated carbocycles. The maximum atomic E-state index is 13.4. The molecule has 1 saturated heterocycles. The average molecular weight is 383 g/mol.